The Balaban J connectivity index is 1.75. The fourth-order valence-electron chi connectivity index (χ4n) is 2.98. The maximum Gasteiger partial charge on any atom is 0.251 e. The highest BCUT2D eigenvalue weighted by Crippen LogP contribution is 2.21. The summed E-state index contributed by atoms with van der Waals surface area (Å²) in [6.45, 7) is 6.13. The fourth-order valence-corrected chi connectivity index (χ4v) is 2.98. The van der Waals surface area contributed by atoms with Gasteiger partial charge in [0.2, 0.25) is 5.95 Å². The summed E-state index contributed by atoms with van der Waals surface area (Å²) >= 11 is 0. The maximum absolute atomic E-state index is 12.3. The number of rotatable bonds is 5. The highest BCUT2D eigenvalue weighted by atomic mass is 16.1. The molecule has 25 heavy (non-hydrogen) atoms. The Labute approximate surface area is 149 Å². The average Bonchev–Trinajstić information content (AvgIpc) is 2.68. The molecule has 1 unspecified atom stereocenters. The van der Waals surface area contributed by atoms with Crippen LogP contribution in [0.1, 0.15) is 49.9 Å². The molecule has 1 aromatic carbocycles. The number of anilines is 1. The lowest BCUT2D eigenvalue weighted by atomic mass is 10.1. The van der Waals surface area contributed by atoms with Gasteiger partial charge in [0.1, 0.15) is 0 Å². The molecular weight excluding hydrogens is 312 g/mol. The number of carbonyl (C=O) groups excluding carboxylic acids is 1. The third-order valence-electron chi connectivity index (χ3n) is 4.73. The van der Waals surface area contributed by atoms with Crippen LogP contribution in [-0.2, 0) is 0 Å². The maximum atomic E-state index is 12.3. The van der Waals surface area contributed by atoms with Crippen LogP contribution in [0.2, 0.25) is 0 Å². The van der Waals surface area contributed by atoms with Gasteiger partial charge in [0, 0.05) is 42.7 Å². The summed E-state index contributed by atoms with van der Waals surface area (Å²) in [5.74, 6) is 0.760. The lowest BCUT2D eigenvalue weighted by molar-refractivity contribution is 0.0939. The Kier molecular flexibility index (Phi) is 5.64. The van der Waals surface area contributed by atoms with E-state index in [1.807, 2.05) is 43.6 Å². The molecule has 1 saturated heterocycles. The van der Waals surface area contributed by atoms with Crippen LogP contribution in [0.5, 0.6) is 0 Å². The second-order valence-corrected chi connectivity index (χ2v) is 6.68. The molecule has 1 fully saturated rings. The minimum absolute atomic E-state index is 0.0398. The Morgan fingerprint density at radius 2 is 1.88 bits per heavy atom. The molecule has 0 bridgehead atoms. The number of piperidine rings is 1. The van der Waals surface area contributed by atoms with Gasteiger partial charge < -0.3 is 10.2 Å². The van der Waals surface area contributed by atoms with Gasteiger partial charge in [-0.1, -0.05) is 19.1 Å². The number of benzene rings is 1. The van der Waals surface area contributed by atoms with Crippen molar-refractivity contribution in [2.75, 3.05) is 18.0 Å². The smallest absolute Gasteiger partial charge is 0.251 e. The Morgan fingerprint density at radius 1 is 1.16 bits per heavy atom. The van der Waals surface area contributed by atoms with Crippen molar-refractivity contribution in [1.82, 2.24) is 15.3 Å². The van der Waals surface area contributed by atoms with Gasteiger partial charge in [0.05, 0.1) is 0 Å². The zero-order chi connectivity index (χ0) is 17.6. The van der Waals surface area contributed by atoms with Crippen molar-refractivity contribution >= 4 is 11.9 Å². The zero-order valence-electron chi connectivity index (χ0n) is 15.0. The van der Waals surface area contributed by atoms with E-state index in [4.69, 9.17) is 0 Å². The number of nitrogens with zero attached hydrogens (tertiary/aromatic N) is 3. The number of amides is 1. The van der Waals surface area contributed by atoms with Crippen LogP contribution in [0, 0.1) is 0 Å². The van der Waals surface area contributed by atoms with Crippen LogP contribution in [0.3, 0.4) is 0 Å². The average molecular weight is 338 g/mol. The molecule has 132 valence electrons. The summed E-state index contributed by atoms with van der Waals surface area (Å²) in [5, 5.41) is 3.00. The Morgan fingerprint density at radius 3 is 2.56 bits per heavy atom. The molecule has 3 rings (SSSR count). The van der Waals surface area contributed by atoms with Crippen molar-refractivity contribution in [2.45, 2.75) is 45.6 Å². The molecule has 1 aliphatic heterocycles. The highest BCUT2D eigenvalue weighted by molar-refractivity contribution is 5.95. The second-order valence-electron chi connectivity index (χ2n) is 6.68. The van der Waals surface area contributed by atoms with E-state index >= 15 is 0 Å². The van der Waals surface area contributed by atoms with E-state index in [-0.39, 0.29) is 11.9 Å². The Hall–Kier alpha value is -2.43. The van der Waals surface area contributed by atoms with E-state index in [0.717, 1.165) is 36.6 Å². The monoisotopic (exact) mass is 338 g/mol. The predicted octanol–water partition coefficient (Wildman–Crippen LogP) is 3.66. The minimum Gasteiger partial charge on any atom is -0.350 e. The first-order valence-corrected chi connectivity index (χ1v) is 9.15. The molecule has 5 heteroatoms. The first-order chi connectivity index (χ1) is 12.2. The molecule has 2 aromatic rings. The first kappa shape index (κ1) is 17.4. The molecular formula is C20H26N4O. The summed E-state index contributed by atoms with van der Waals surface area (Å²) in [6, 6.07) is 7.79. The molecule has 2 heterocycles. The molecule has 0 radical (unpaired) electrons. The quantitative estimate of drug-likeness (QED) is 0.904. The summed E-state index contributed by atoms with van der Waals surface area (Å²) in [7, 11) is 0. The van der Waals surface area contributed by atoms with Gasteiger partial charge in [0.15, 0.2) is 0 Å². The van der Waals surface area contributed by atoms with E-state index in [0.29, 0.717) is 5.56 Å². The Bertz CT molecular complexity index is 708. The van der Waals surface area contributed by atoms with Gasteiger partial charge in [0.25, 0.3) is 5.91 Å². The van der Waals surface area contributed by atoms with Gasteiger partial charge in [-0.2, -0.15) is 0 Å². The third kappa shape index (κ3) is 4.35. The molecule has 1 amide bonds. The second kappa shape index (κ2) is 8.10. The van der Waals surface area contributed by atoms with Crippen LogP contribution in [0.15, 0.2) is 36.7 Å². The van der Waals surface area contributed by atoms with Gasteiger partial charge in [-0.25, -0.2) is 9.97 Å². The van der Waals surface area contributed by atoms with Crippen molar-refractivity contribution < 1.29 is 4.79 Å². The zero-order valence-corrected chi connectivity index (χ0v) is 15.0. The number of hydrogen-bond acceptors (Lipinski definition) is 4. The molecule has 0 saturated carbocycles. The van der Waals surface area contributed by atoms with E-state index in [9.17, 15) is 4.79 Å². The molecule has 1 aliphatic rings. The van der Waals surface area contributed by atoms with Gasteiger partial charge in [-0.15, -0.1) is 0 Å². The topological polar surface area (TPSA) is 58.1 Å². The minimum atomic E-state index is -0.0398. The molecule has 0 aliphatic carbocycles. The number of aromatic nitrogens is 2. The van der Waals surface area contributed by atoms with Crippen molar-refractivity contribution in [3.8, 4) is 11.1 Å². The summed E-state index contributed by atoms with van der Waals surface area (Å²) < 4.78 is 0. The SMILES string of the molecule is CCC(C)NC(=O)c1cccc(-c2cnc(N3CCCCC3)nc2)c1. The highest BCUT2D eigenvalue weighted by Gasteiger charge is 2.14. The molecule has 0 spiro atoms. The summed E-state index contributed by atoms with van der Waals surface area (Å²) in [6.07, 6.45) is 8.32. The van der Waals surface area contributed by atoms with Crippen LogP contribution in [0.4, 0.5) is 5.95 Å². The summed E-state index contributed by atoms with van der Waals surface area (Å²) in [4.78, 5) is 23.6. The molecule has 1 N–H and O–H groups in total. The number of nitrogens with one attached hydrogen (secondary N) is 1. The third-order valence-corrected chi connectivity index (χ3v) is 4.73. The molecule has 5 nitrogen and oxygen atoms in total. The molecule has 1 atom stereocenters. The van der Waals surface area contributed by atoms with Crippen molar-refractivity contribution in [1.29, 1.82) is 0 Å². The summed E-state index contributed by atoms with van der Waals surface area (Å²) in [5.41, 5.74) is 2.55. The lowest BCUT2D eigenvalue weighted by Gasteiger charge is -2.26. The first-order valence-electron chi connectivity index (χ1n) is 9.15. The van der Waals surface area contributed by atoms with Gasteiger partial charge in [-0.05, 0) is 50.3 Å². The van der Waals surface area contributed by atoms with Crippen LogP contribution >= 0.6 is 0 Å². The van der Waals surface area contributed by atoms with Gasteiger partial charge >= 0.3 is 0 Å². The van der Waals surface area contributed by atoms with E-state index < -0.39 is 0 Å². The fraction of sp³-hybridized carbons (Fsp3) is 0.450. The number of carbonyl (C=O) groups is 1. The largest absolute Gasteiger partial charge is 0.350 e. The normalized spacial score (nSPS) is 15.7. The lowest BCUT2D eigenvalue weighted by Crippen LogP contribution is -2.31. The van der Waals surface area contributed by atoms with Crippen molar-refractivity contribution in [3.63, 3.8) is 0 Å². The van der Waals surface area contributed by atoms with E-state index in [2.05, 4.69) is 27.1 Å². The van der Waals surface area contributed by atoms with Crippen LogP contribution < -0.4 is 10.2 Å². The van der Waals surface area contributed by atoms with E-state index in [1.165, 1.54) is 19.3 Å². The standard InChI is InChI=1S/C20H26N4O/c1-3-15(2)23-19(25)17-9-7-8-16(12-17)18-13-21-20(22-14-18)24-10-5-4-6-11-24/h7-9,12-15H,3-6,10-11H2,1-2H3,(H,23,25). The van der Waals surface area contributed by atoms with E-state index in [1.54, 1.807) is 0 Å². The van der Waals surface area contributed by atoms with Crippen molar-refractivity contribution in [2.24, 2.45) is 0 Å². The van der Waals surface area contributed by atoms with Gasteiger partial charge in [-0.3, -0.25) is 4.79 Å². The molecule has 1 aromatic heterocycles. The predicted molar refractivity (Wildman–Crippen MR) is 101 cm³/mol. The number of hydrogen-bond donors (Lipinski definition) is 1. The van der Waals surface area contributed by atoms with Crippen LogP contribution in [0.25, 0.3) is 11.1 Å². The van der Waals surface area contributed by atoms with Crippen molar-refractivity contribution in [3.05, 3.63) is 42.2 Å². The van der Waals surface area contributed by atoms with Crippen LogP contribution in [-0.4, -0.2) is 35.0 Å².